The number of halogens is 6. The van der Waals surface area contributed by atoms with E-state index in [1.54, 1.807) is 28.4 Å². The Morgan fingerprint density at radius 1 is 0.519 bits per heavy atom. The van der Waals surface area contributed by atoms with E-state index >= 15 is 0 Å². The molecule has 4 aromatic carbocycles. The monoisotopic (exact) mass is 932 g/mol. The number of benzene rings is 4. The topological polar surface area (TPSA) is 170 Å². The number of hydrogen-bond donors (Lipinski definition) is 0. The van der Waals surface area contributed by atoms with Gasteiger partial charge in [-0.25, -0.2) is 0 Å². The number of aliphatic imine (C=N–C) groups is 2. The quantitative estimate of drug-likeness (QED) is 0.0730. The third-order valence-corrected chi connectivity index (χ3v) is 5.59. The smallest absolute Gasteiger partial charge is 0.542 e. The van der Waals surface area contributed by atoms with Crippen LogP contribution in [0, 0.1) is 0 Å². The van der Waals surface area contributed by atoms with Gasteiger partial charge in [0.1, 0.15) is 34.9 Å². The van der Waals surface area contributed by atoms with Crippen LogP contribution < -0.4 is 29.2 Å². The molecule has 0 heterocycles. The number of carbonyl (C=O) groups is 2. The van der Waals surface area contributed by atoms with Gasteiger partial charge in [0.25, 0.3) is 0 Å². The molecule has 0 bridgehead atoms. The van der Waals surface area contributed by atoms with Gasteiger partial charge in [0, 0.05) is 22.7 Å². The van der Waals surface area contributed by atoms with Crippen LogP contribution in [0.4, 0.5) is 49.1 Å². The Kier molecular flexibility index (Phi) is 25.2. The maximum atomic E-state index is 10.5. The number of aliphatic carboxylic acids is 2. The summed E-state index contributed by atoms with van der Waals surface area (Å²) in [4.78, 5) is 26.1. The Morgan fingerprint density at radius 2 is 0.759 bits per heavy atom. The molecule has 0 saturated carbocycles. The van der Waals surface area contributed by atoms with E-state index in [4.69, 9.17) is 38.7 Å². The van der Waals surface area contributed by atoms with Crippen molar-refractivity contribution in [2.24, 2.45) is 9.98 Å². The minimum atomic E-state index is -5.19. The number of carbonyl (C=O) groups excluding carboxylic acids is 2. The molecule has 20 heteroatoms. The summed E-state index contributed by atoms with van der Waals surface area (Å²) < 4.78 is 83.9. The number of nitrogens with zero attached hydrogens (tertiary/aromatic N) is 4. The molecule has 0 aliphatic heterocycles. The minimum absolute atomic E-state index is 0. The van der Waals surface area contributed by atoms with Crippen LogP contribution in [-0.4, -0.2) is 65.4 Å². The fraction of sp³-hybridized carbons (Fsp3) is 0.176. The fourth-order valence-corrected chi connectivity index (χ4v) is 3.25. The number of alkyl halides is 6. The van der Waals surface area contributed by atoms with Crippen molar-refractivity contribution < 1.29 is 107 Å². The molecule has 4 aromatic rings. The van der Waals surface area contributed by atoms with Gasteiger partial charge in [0.15, 0.2) is 0 Å². The van der Waals surface area contributed by atoms with Gasteiger partial charge in [-0.05, 0) is 24.3 Å². The number of methoxy groups -OCH3 is 4. The van der Waals surface area contributed by atoms with Gasteiger partial charge < -0.3 is 59.4 Å². The van der Waals surface area contributed by atoms with E-state index in [2.05, 4.69) is 20.6 Å². The molecule has 54 heavy (non-hydrogen) atoms. The molecule has 0 unspecified atom stereocenters. The second kappa shape index (κ2) is 26.6. The zero-order valence-electron chi connectivity index (χ0n) is 28.5. The summed E-state index contributed by atoms with van der Waals surface area (Å²) in [6.07, 6.45) is -7.40. The maximum Gasteiger partial charge on any atom is 2.00 e. The summed E-state index contributed by atoms with van der Waals surface area (Å²) in [5.74, 6) is -3.15. The average molecular weight is 929 g/mol. The summed E-state index contributed by atoms with van der Waals surface area (Å²) in [6.45, 7) is 0. The zero-order chi connectivity index (χ0) is 39.2. The molecule has 288 valence electrons. The number of hydrogen-bond acceptors (Lipinski definition) is 10. The first-order valence-corrected chi connectivity index (χ1v) is 14.1. The van der Waals surface area contributed by atoms with Crippen molar-refractivity contribution in [1.82, 2.24) is 0 Å². The van der Waals surface area contributed by atoms with Crippen molar-refractivity contribution in [3.63, 3.8) is 0 Å². The first-order chi connectivity index (χ1) is 24.6. The first kappa shape index (κ1) is 51.0. The molecule has 0 spiro atoms. The summed E-state index contributed by atoms with van der Waals surface area (Å²) in [5, 5.41) is 26.1. The van der Waals surface area contributed by atoms with E-state index in [1.165, 1.54) is 12.7 Å². The number of ether oxygens (including phenoxy) is 4. The van der Waals surface area contributed by atoms with Gasteiger partial charge in [0.2, 0.25) is 0 Å². The van der Waals surface area contributed by atoms with Crippen molar-refractivity contribution in [3.05, 3.63) is 108 Å². The molecule has 0 fully saturated rings. The Morgan fingerprint density at radius 3 is 1.02 bits per heavy atom. The molecule has 12 nitrogen and oxygen atoms in total. The largest absolute Gasteiger partial charge is 2.00 e. The molecule has 0 saturated heterocycles. The van der Waals surface area contributed by atoms with Crippen LogP contribution in [0.1, 0.15) is 0 Å². The number of carboxylic acids is 2. The summed E-state index contributed by atoms with van der Waals surface area (Å²) in [7, 11) is 6.47. The van der Waals surface area contributed by atoms with Crippen LogP contribution in [0.5, 0.6) is 23.0 Å². The Bertz CT molecular complexity index is 1640. The molecule has 0 atom stereocenters. The maximum absolute atomic E-state index is 10.5. The van der Waals surface area contributed by atoms with Crippen LogP contribution in [0.15, 0.2) is 107 Å². The Labute approximate surface area is 334 Å². The van der Waals surface area contributed by atoms with Gasteiger partial charge in [-0.15, -0.1) is 0 Å². The molecule has 0 aromatic heterocycles. The van der Waals surface area contributed by atoms with Crippen molar-refractivity contribution >= 4 is 47.4 Å². The van der Waals surface area contributed by atoms with Gasteiger partial charge in [-0.1, -0.05) is 85.5 Å². The minimum Gasteiger partial charge on any atom is -0.542 e. The van der Waals surface area contributed by atoms with Crippen LogP contribution in [-0.2, 0) is 51.7 Å². The van der Waals surface area contributed by atoms with Crippen molar-refractivity contribution in [2.45, 2.75) is 12.4 Å². The molecule has 0 aliphatic carbocycles. The third-order valence-electron chi connectivity index (χ3n) is 5.59. The van der Waals surface area contributed by atoms with E-state index in [0.29, 0.717) is 23.0 Å². The van der Waals surface area contributed by atoms with Crippen LogP contribution >= 0.6 is 0 Å². The number of rotatable bonds is 10. The molecular weight excluding hydrogens is 898 g/mol. The van der Waals surface area contributed by atoms with Gasteiger partial charge in [-0.3, -0.25) is 0 Å². The second-order valence-electron chi connectivity index (χ2n) is 9.01. The van der Waals surface area contributed by atoms with E-state index in [0.717, 1.165) is 22.7 Å². The standard InChI is InChI=1S/2C15H15N2O2.2C2HF3O2.2Mo/c2*1-18-14-9-5-3-7-12(14)16-11-17-13-8-4-6-10-15(13)19-2;2*3-2(4,5)1(6)7;;/h2*3-11H,1-2H3;2*(H,6,7);;/q2*-1;;;2*+2/p-2. The number of carboxylic acid groups (broad SMARTS) is 2. The third kappa shape index (κ3) is 19.7. The normalized spacial score (nSPS) is 10.3. The summed E-state index contributed by atoms with van der Waals surface area (Å²) in [6, 6.07) is 30.1. The summed E-state index contributed by atoms with van der Waals surface area (Å²) >= 11 is 0. The SMILES string of the molecule is COc1ccccc1N=C[N-]c1ccccc1OC.COc1ccccc1N=C[N-]c1ccccc1OC.O=C([O-])C(F)(F)F.O=C([O-])C(F)(F)F.[Mo+2].[Mo+2]. The summed E-state index contributed by atoms with van der Waals surface area (Å²) in [5.41, 5.74) is 2.96. The average Bonchev–Trinajstić information content (AvgIpc) is 3.12. The molecule has 4 rings (SSSR count). The van der Waals surface area contributed by atoms with E-state index in [1.807, 2.05) is 97.1 Å². The predicted molar refractivity (Wildman–Crippen MR) is 176 cm³/mol. The van der Waals surface area contributed by atoms with E-state index in [-0.39, 0.29) is 42.1 Å². The van der Waals surface area contributed by atoms with Gasteiger partial charge >= 0.3 is 54.5 Å². The van der Waals surface area contributed by atoms with E-state index < -0.39 is 24.3 Å². The van der Waals surface area contributed by atoms with Gasteiger partial charge in [-0.2, -0.15) is 26.3 Å². The Hall–Kier alpha value is -5.08. The molecular formula is C34H30F6Mo2N4O8. The van der Waals surface area contributed by atoms with Crippen LogP contribution in [0.3, 0.4) is 0 Å². The zero-order valence-corrected chi connectivity index (χ0v) is 32.5. The van der Waals surface area contributed by atoms with Crippen molar-refractivity contribution in [3.8, 4) is 23.0 Å². The fourth-order valence-electron chi connectivity index (χ4n) is 3.25. The number of para-hydroxylation sites is 8. The molecule has 0 amide bonds. The van der Waals surface area contributed by atoms with Crippen molar-refractivity contribution in [1.29, 1.82) is 0 Å². The van der Waals surface area contributed by atoms with E-state index in [9.17, 15) is 26.3 Å². The molecule has 0 N–H and O–H groups in total. The predicted octanol–water partition coefficient (Wildman–Crippen LogP) is 6.73. The molecule has 0 radical (unpaired) electrons. The second-order valence-corrected chi connectivity index (χ2v) is 9.01. The van der Waals surface area contributed by atoms with Crippen molar-refractivity contribution in [2.75, 3.05) is 28.4 Å². The van der Waals surface area contributed by atoms with Crippen LogP contribution in [0.2, 0.25) is 0 Å². The molecule has 0 aliphatic rings. The Balaban J connectivity index is 0. The van der Waals surface area contributed by atoms with Crippen LogP contribution in [0.25, 0.3) is 10.6 Å². The van der Waals surface area contributed by atoms with Gasteiger partial charge in [0.05, 0.1) is 28.4 Å². The first-order valence-electron chi connectivity index (χ1n) is 14.1.